The molecule has 144 valence electrons. The molecule has 0 radical (unpaired) electrons. The van der Waals surface area contributed by atoms with Gasteiger partial charge in [-0.05, 0) is 37.5 Å². The summed E-state index contributed by atoms with van der Waals surface area (Å²) in [5.41, 5.74) is 2.16. The number of carbonyl (C=O) groups is 3. The van der Waals surface area contributed by atoms with Crippen LogP contribution in [0.5, 0.6) is 0 Å². The van der Waals surface area contributed by atoms with Gasteiger partial charge in [0.05, 0.1) is 18.8 Å². The normalized spacial score (nSPS) is 17.6. The van der Waals surface area contributed by atoms with Crippen LogP contribution in [0, 0.1) is 0 Å². The van der Waals surface area contributed by atoms with E-state index in [1.54, 1.807) is 24.3 Å². The van der Waals surface area contributed by atoms with Crippen molar-refractivity contribution in [1.82, 2.24) is 4.90 Å². The van der Waals surface area contributed by atoms with Gasteiger partial charge in [-0.25, -0.2) is 0 Å². The molecule has 1 fully saturated rings. The smallest absolute Gasteiger partial charge is 0.233 e. The van der Waals surface area contributed by atoms with Crippen molar-refractivity contribution in [2.75, 3.05) is 26.3 Å². The highest BCUT2D eigenvalue weighted by molar-refractivity contribution is 6.50. The molecule has 1 heterocycles. The van der Waals surface area contributed by atoms with Gasteiger partial charge in [-0.15, -0.1) is 0 Å². The molecule has 0 saturated carbocycles. The Bertz CT molecular complexity index is 970. The number of rotatable bonds is 3. The quantitative estimate of drug-likeness (QED) is 0.608. The van der Waals surface area contributed by atoms with Crippen molar-refractivity contribution in [2.45, 2.75) is 25.8 Å². The van der Waals surface area contributed by atoms with Crippen LogP contribution in [-0.4, -0.2) is 54.1 Å². The second-order valence-corrected chi connectivity index (χ2v) is 7.85. The standard InChI is InChI=1S/C23H23NO4/c1-23(2,24-9-11-28-12-10-24)22(27)17-8-7-16-13-15-5-3-4-6-18(15)20(25)21(26)19(16)14-17/h3-8,14H,9-13H2,1-2H3. The Morgan fingerprint density at radius 2 is 1.57 bits per heavy atom. The first-order valence-electron chi connectivity index (χ1n) is 9.57. The zero-order valence-electron chi connectivity index (χ0n) is 16.2. The van der Waals surface area contributed by atoms with Gasteiger partial charge in [0.1, 0.15) is 0 Å². The number of Topliss-reactive ketones (excluding diaryl/α,β-unsaturated/α-hetero) is 3. The molecule has 0 N–H and O–H groups in total. The number of ether oxygens (including phenoxy) is 1. The van der Waals surface area contributed by atoms with Crippen LogP contribution in [0.4, 0.5) is 0 Å². The monoisotopic (exact) mass is 377 g/mol. The highest BCUT2D eigenvalue weighted by atomic mass is 16.5. The Balaban J connectivity index is 1.70. The Kier molecular flexibility index (Phi) is 4.73. The summed E-state index contributed by atoms with van der Waals surface area (Å²) in [7, 11) is 0. The fourth-order valence-electron chi connectivity index (χ4n) is 4.05. The molecule has 0 bridgehead atoms. The van der Waals surface area contributed by atoms with Crippen molar-refractivity contribution in [3.63, 3.8) is 0 Å². The van der Waals surface area contributed by atoms with Crippen molar-refractivity contribution in [3.05, 3.63) is 70.3 Å². The molecule has 4 rings (SSSR count). The van der Waals surface area contributed by atoms with E-state index in [0.717, 1.165) is 11.1 Å². The molecule has 0 aromatic heterocycles. The first-order valence-corrected chi connectivity index (χ1v) is 9.57. The summed E-state index contributed by atoms with van der Waals surface area (Å²) in [5.74, 6) is -1.11. The maximum absolute atomic E-state index is 13.3. The van der Waals surface area contributed by atoms with Crippen molar-refractivity contribution in [2.24, 2.45) is 0 Å². The van der Waals surface area contributed by atoms with Gasteiger partial charge in [0, 0.05) is 29.8 Å². The molecule has 1 aliphatic heterocycles. The van der Waals surface area contributed by atoms with E-state index >= 15 is 0 Å². The average molecular weight is 377 g/mol. The highest BCUT2D eigenvalue weighted by Crippen LogP contribution is 2.28. The minimum Gasteiger partial charge on any atom is -0.379 e. The van der Waals surface area contributed by atoms with Gasteiger partial charge in [0.15, 0.2) is 5.78 Å². The number of benzene rings is 2. The first kappa shape index (κ1) is 18.7. The van der Waals surface area contributed by atoms with Crippen molar-refractivity contribution in [1.29, 1.82) is 0 Å². The molecule has 0 atom stereocenters. The summed E-state index contributed by atoms with van der Waals surface area (Å²) in [5, 5.41) is 0. The number of carbonyl (C=O) groups excluding carboxylic acids is 3. The summed E-state index contributed by atoms with van der Waals surface area (Å²) in [4.78, 5) is 40.9. The van der Waals surface area contributed by atoms with Gasteiger partial charge in [-0.1, -0.05) is 36.4 Å². The summed E-state index contributed by atoms with van der Waals surface area (Å²) < 4.78 is 5.39. The SMILES string of the molecule is CC(C)(C(=O)c1ccc2c(c1)C(=O)C(=O)c1ccccc1C2)N1CCOCC1. The number of hydrogen-bond acceptors (Lipinski definition) is 5. The summed E-state index contributed by atoms with van der Waals surface area (Å²) in [6, 6.07) is 12.4. The number of ketones is 3. The molecular weight excluding hydrogens is 354 g/mol. The maximum atomic E-state index is 13.3. The van der Waals surface area contributed by atoms with Crippen LogP contribution < -0.4 is 0 Å². The summed E-state index contributed by atoms with van der Waals surface area (Å²) in [6.07, 6.45) is 0.504. The predicted molar refractivity (Wildman–Crippen MR) is 105 cm³/mol. The highest BCUT2D eigenvalue weighted by Gasteiger charge is 2.37. The van der Waals surface area contributed by atoms with E-state index in [9.17, 15) is 14.4 Å². The molecule has 0 unspecified atom stereocenters. The third-order valence-corrected chi connectivity index (χ3v) is 5.82. The molecule has 0 spiro atoms. The third kappa shape index (κ3) is 3.11. The lowest BCUT2D eigenvalue weighted by Crippen LogP contribution is -2.54. The van der Waals surface area contributed by atoms with Crippen LogP contribution in [0.25, 0.3) is 0 Å². The number of hydrogen-bond donors (Lipinski definition) is 0. The fraction of sp³-hybridized carbons (Fsp3) is 0.348. The van der Waals surface area contributed by atoms with Gasteiger partial charge in [0.25, 0.3) is 0 Å². The van der Waals surface area contributed by atoms with Crippen LogP contribution in [0.1, 0.15) is 56.0 Å². The average Bonchev–Trinajstić information content (AvgIpc) is 2.83. The van der Waals surface area contributed by atoms with Crippen LogP contribution in [-0.2, 0) is 11.2 Å². The molecule has 2 aromatic carbocycles. The molecule has 2 aromatic rings. The third-order valence-electron chi connectivity index (χ3n) is 5.82. The minimum absolute atomic E-state index is 0.0563. The van der Waals surface area contributed by atoms with Crippen molar-refractivity contribution < 1.29 is 19.1 Å². The van der Waals surface area contributed by atoms with Crippen LogP contribution in [0.15, 0.2) is 42.5 Å². The van der Waals surface area contributed by atoms with E-state index in [2.05, 4.69) is 4.90 Å². The van der Waals surface area contributed by atoms with E-state index in [0.29, 0.717) is 49.4 Å². The Hall–Kier alpha value is -2.63. The summed E-state index contributed by atoms with van der Waals surface area (Å²) >= 11 is 0. The summed E-state index contributed by atoms with van der Waals surface area (Å²) in [6.45, 7) is 6.38. The number of morpholine rings is 1. The minimum atomic E-state index is -0.710. The Morgan fingerprint density at radius 3 is 2.32 bits per heavy atom. The Labute approximate surface area is 164 Å². The molecule has 5 nitrogen and oxygen atoms in total. The van der Waals surface area contributed by atoms with E-state index in [4.69, 9.17) is 4.74 Å². The van der Waals surface area contributed by atoms with Crippen LogP contribution in [0.2, 0.25) is 0 Å². The van der Waals surface area contributed by atoms with E-state index in [1.807, 2.05) is 32.0 Å². The van der Waals surface area contributed by atoms with Crippen molar-refractivity contribution in [3.8, 4) is 0 Å². The van der Waals surface area contributed by atoms with Crippen LogP contribution >= 0.6 is 0 Å². The topological polar surface area (TPSA) is 63.7 Å². The fourth-order valence-corrected chi connectivity index (χ4v) is 4.05. The molecule has 28 heavy (non-hydrogen) atoms. The van der Waals surface area contributed by atoms with E-state index < -0.39 is 17.1 Å². The van der Waals surface area contributed by atoms with Crippen LogP contribution in [0.3, 0.4) is 0 Å². The largest absolute Gasteiger partial charge is 0.379 e. The molecule has 1 aliphatic carbocycles. The van der Waals surface area contributed by atoms with E-state index in [-0.39, 0.29) is 5.78 Å². The van der Waals surface area contributed by atoms with E-state index in [1.165, 1.54) is 0 Å². The predicted octanol–water partition coefficient (Wildman–Crippen LogP) is 2.95. The molecule has 1 saturated heterocycles. The van der Waals surface area contributed by atoms with Gasteiger partial charge in [0.2, 0.25) is 11.6 Å². The number of fused-ring (bicyclic) bond motifs is 2. The van der Waals surface area contributed by atoms with Gasteiger partial charge >= 0.3 is 0 Å². The first-order chi connectivity index (χ1) is 13.4. The molecule has 0 amide bonds. The lowest BCUT2D eigenvalue weighted by atomic mass is 9.88. The molecule has 2 aliphatic rings. The number of nitrogens with zero attached hydrogens (tertiary/aromatic N) is 1. The second kappa shape index (κ2) is 7.08. The van der Waals surface area contributed by atoms with Gasteiger partial charge in [-0.2, -0.15) is 0 Å². The lowest BCUT2D eigenvalue weighted by Gasteiger charge is -2.39. The van der Waals surface area contributed by atoms with Gasteiger partial charge in [-0.3, -0.25) is 19.3 Å². The Morgan fingerprint density at radius 1 is 0.929 bits per heavy atom. The second-order valence-electron chi connectivity index (χ2n) is 7.85. The molecule has 5 heteroatoms. The van der Waals surface area contributed by atoms with Crippen molar-refractivity contribution >= 4 is 17.3 Å². The lowest BCUT2D eigenvalue weighted by molar-refractivity contribution is -0.00430. The molecular formula is C23H23NO4. The zero-order chi connectivity index (χ0) is 19.9. The maximum Gasteiger partial charge on any atom is 0.233 e. The zero-order valence-corrected chi connectivity index (χ0v) is 16.2. The van der Waals surface area contributed by atoms with Gasteiger partial charge < -0.3 is 4.74 Å².